The summed E-state index contributed by atoms with van der Waals surface area (Å²) in [6.45, 7) is 4.47. The number of esters is 1. The maximum absolute atomic E-state index is 12.4. The van der Waals surface area contributed by atoms with Crippen molar-refractivity contribution in [2.75, 3.05) is 6.61 Å². The summed E-state index contributed by atoms with van der Waals surface area (Å²) in [7, 11) is 0. The van der Waals surface area contributed by atoms with Gasteiger partial charge in [-0.1, -0.05) is 38.1 Å². The maximum atomic E-state index is 12.4. The number of nitrogens with zero attached hydrogens (tertiary/aromatic N) is 1. The number of ether oxygens (including phenoxy) is 1. The lowest BCUT2D eigenvalue weighted by Gasteiger charge is -2.10. The highest BCUT2D eigenvalue weighted by Gasteiger charge is 2.15. The Kier molecular flexibility index (Phi) is 4.20. The topological polar surface area (TPSA) is 39.2 Å². The fourth-order valence-electron chi connectivity index (χ4n) is 2.21. The first-order valence-electron chi connectivity index (χ1n) is 7.26. The Morgan fingerprint density at radius 1 is 1.23 bits per heavy atom. The van der Waals surface area contributed by atoms with Gasteiger partial charge in [0.25, 0.3) is 0 Å². The summed E-state index contributed by atoms with van der Waals surface area (Å²) >= 11 is 1.61. The highest BCUT2D eigenvalue weighted by Crippen LogP contribution is 2.28. The Hall–Kier alpha value is -2.20. The van der Waals surface area contributed by atoms with Crippen LogP contribution in [0.4, 0.5) is 0 Å². The molecule has 3 aromatic rings. The van der Waals surface area contributed by atoms with Crippen molar-refractivity contribution in [1.29, 1.82) is 0 Å². The van der Waals surface area contributed by atoms with Crippen molar-refractivity contribution in [1.82, 2.24) is 4.98 Å². The van der Waals surface area contributed by atoms with Crippen molar-refractivity contribution in [3.8, 4) is 10.6 Å². The highest BCUT2D eigenvalue weighted by atomic mass is 32.1. The fraction of sp³-hybridized carbons (Fsp3) is 0.222. The Balaban J connectivity index is 2.08. The van der Waals surface area contributed by atoms with E-state index in [-0.39, 0.29) is 5.97 Å². The van der Waals surface area contributed by atoms with Gasteiger partial charge in [-0.05, 0) is 29.5 Å². The summed E-state index contributed by atoms with van der Waals surface area (Å²) in [5.74, 6) is 0.0268. The average Bonchev–Trinajstić information content (AvgIpc) is 3.06. The average molecular weight is 311 g/mol. The quantitative estimate of drug-likeness (QED) is 0.651. The number of carbonyl (C=O) groups is 1. The first-order valence-corrected chi connectivity index (χ1v) is 8.14. The fourth-order valence-corrected chi connectivity index (χ4v) is 2.90. The summed E-state index contributed by atoms with van der Waals surface area (Å²) < 4.78 is 5.41. The standard InChI is InChI=1S/C18H17NO2S/c1-12(2)11-21-18(20)14-10-16(17-8-5-9-22-17)19-15-7-4-3-6-13(14)15/h3-10,12H,11H2,1-2H3. The molecule has 0 saturated carbocycles. The number of carbonyl (C=O) groups excluding carboxylic acids is 1. The monoisotopic (exact) mass is 311 g/mol. The van der Waals surface area contributed by atoms with E-state index in [1.807, 2.05) is 61.7 Å². The Labute approximate surface area is 133 Å². The van der Waals surface area contributed by atoms with E-state index in [1.54, 1.807) is 11.3 Å². The van der Waals surface area contributed by atoms with Crippen LogP contribution >= 0.6 is 11.3 Å². The number of para-hydroxylation sites is 1. The lowest BCUT2D eigenvalue weighted by molar-refractivity contribution is 0.0461. The van der Waals surface area contributed by atoms with Crippen molar-refractivity contribution in [3.63, 3.8) is 0 Å². The third kappa shape index (κ3) is 3.02. The van der Waals surface area contributed by atoms with Gasteiger partial charge in [0.2, 0.25) is 0 Å². The Morgan fingerprint density at radius 3 is 2.77 bits per heavy atom. The number of thiophene rings is 1. The molecule has 3 nitrogen and oxygen atoms in total. The van der Waals surface area contributed by atoms with Crippen LogP contribution in [0.15, 0.2) is 47.8 Å². The Morgan fingerprint density at radius 2 is 2.05 bits per heavy atom. The predicted molar refractivity (Wildman–Crippen MR) is 90.2 cm³/mol. The van der Waals surface area contributed by atoms with E-state index in [0.717, 1.165) is 21.5 Å². The first kappa shape index (κ1) is 14.7. The molecule has 112 valence electrons. The van der Waals surface area contributed by atoms with E-state index < -0.39 is 0 Å². The number of hydrogen-bond acceptors (Lipinski definition) is 4. The predicted octanol–water partition coefficient (Wildman–Crippen LogP) is 4.78. The molecule has 22 heavy (non-hydrogen) atoms. The SMILES string of the molecule is CC(C)COC(=O)c1cc(-c2cccs2)nc2ccccc12. The number of benzene rings is 1. The molecule has 0 aliphatic heterocycles. The molecule has 0 amide bonds. The summed E-state index contributed by atoms with van der Waals surface area (Å²) in [5.41, 5.74) is 2.20. The van der Waals surface area contributed by atoms with E-state index in [0.29, 0.717) is 18.1 Å². The highest BCUT2D eigenvalue weighted by molar-refractivity contribution is 7.13. The number of hydrogen-bond donors (Lipinski definition) is 0. The third-order valence-corrected chi connectivity index (χ3v) is 4.15. The molecule has 0 aliphatic rings. The second-order valence-corrected chi connectivity index (χ2v) is 6.49. The minimum Gasteiger partial charge on any atom is -0.462 e. The molecule has 0 atom stereocenters. The van der Waals surface area contributed by atoms with E-state index in [2.05, 4.69) is 4.98 Å². The summed E-state index contributed by atoms with van der Waals surface area (Å²) in [4.78, 5) is 18.1. The largest absolute Gasteiger partial charge is 0.462 e. The van der Waals surface area contributed by atoms with Gasteiger partial charge >= 0.3 is 5.97 Å². The van der Waals surface area contributed by atoms with Crippen LogP contribution in [0, 0.1) is 5.92 Å². The molecule has 0 N–H and O–H groups in total. The number of aromatic nitrogens is 1. The normalized spacial score (nSPS) is 11.0. The molecular weight excluding hydrogens is 294 g/mol. The van der Waals surface area contributed by atoms with Crippen LogP contribution in [0.1, 0.15) is 24.2 Å². The van der Waals surface area contributed by atoms with Gasteiger partial charge in [-0.15, -0.1) is 11.3 Å². The zero-order chi connectivity index (χ0) is 15.5. The van der Waals surface area contributed by atoms with Crippen molar-refractivity contribution in [2.45, 2.75) is 13.8 Å². The van der Waals surface area contributed by atoms with E-state index >= 15 is 0 Å². The van der Waals surface area contributed by atoms with E-state index in [9.17, 15) is 4.79 Å². The number of pyridine rings is 1. The molecular formula is C18H17NO2S. The van der Waals surface area contributed by atoms with E-state index in [4.69, 9.17) is 4.74 Å². The maximum Gasteiger partial charge on any atom is 0.338 e. The zero-order valence-corrected chi connectivity index (χ0v) is 13.4. The van der Waals surface area contributed by atoms with Gasteiger partial charge in [0, 0.05) is 5.39 Å². The van der Waals surface area contributed by atoms with Crippen LogP contribution in [-0.4, -0.2) is 17.6 Å². The number of fused-ring (bicyclic) bond motifs is 1. The zero-order valence-electron chi connectivity index (χ0n) is 12.6. The van der Waals surface area contributed by atoms with Crippen LogP contribution in [0.25, 0.3) is 21.5 Å². The van der Waals surface area contributed by atoms with Gasteiger partial charge in [-0.2, -0.15) is 0 Å². The van der Waals surface area contributed by atoms with Crippen LogP contribution in [-0.2, 0) is 4.74 Å². The van der Waals surface area contributed by atoms with Crippen LogP contribution in [0.2, 0.25) is 0 Å². The number of rotatable bonds is 4. The Bertz CT molecular complexity index is 794. The van der Waals surface area contributed by atoms with Gasteiger partial charge in [-0.25, -0.2) is 9.78 Å². The van der Waals surface area contributed by atoms with Gasteiger partial charge in [-0.3, -0.25) is 0 Å². The molecule has 0 aliphatic carbocycles. The molecule has 4 heteroatoms. The van der Waals surface area contributed by atoms with Crippen molar-refractivity contribution in [3.05, 3.63) is 53.4 Å². The van der Waals surface area contributed by atoms with Crippen LogP contribution < -0.4 is 0 Å². The minimum absolute atomic E-state index is 0.287. The summed E-state index contributed by atoms with van der Waals surface area (Å²) in [5, 5.41) is 2.83. The molecule has 0 spiro atoms. The van der Waals surface area contributed by atoms with Crippen molar-refractivity contribution in [2.24, 2.45) is 5.92 Å². The lowest BCUT2D eigenvalue weighted by Crippen LogP contribution is -2.11. The lowest BCUT2D eigenvalue weighted by atomic mass is 10.1. The molecule has 0 saturated heterocycles. The molecule has 3 rings (SSSR count). The minimum atomic E-state index is -0.287. The van der Waals surface area contributed by atoms with Crippen molar-refractivity contribution >= 4 is 28.2 Å². The van der Waals surface area contributed by atoms with Crippen LogP contribution in [0.3, 0.4) is 0 Å². The molecule has 0 unspecified atom stereocenters. The first-order chi connectivity index (χ1) is 10.6. The third-order valence-electron chi connectivity index (χ3n) is 3.26. The second-order valence-electron chi connectivity index (χ2n) is 5.54. The molecule has 0 radical (unpaired) electrons. The van der Waals surface area contributed by atoms with Crippen LogP contribution in [0.5, 0.6) is 0 Å². The van der Waals surface area contributed by atoms with Crippen molar-refractivity contribution < 1.29 is 9.53 Å². The smallest absolute Gasteiger partial charge is 0.338 e. The molecule has 2 aromatic heterocycles. The summed E-state index contributed by atoms with van der Waals surface area (Å²) in [6.07, 6.45) is 0. The summed E-state index contributed by atoms with van der Waals surface area (Å²) in [6, 6.07) is 13.5. The van der Waals surface area contributed by atoms with E-state index in [1.165, 1.54) is 0 Å². The molecule has 2 heterocycles. The van der Waals surface area contributed by atoms with Gasteiger partial charge < -0.3 is 4.74 Å². The molecule has 0 bridgehead atoms. The van der Waals surface area contributed by atoms with Gasteiger partial charge in [0.1, 0.15) is 0 Å². The van der Waals surface area contributed by atoms with Gasteiger partial charge in [0.15, 0.2) is 0 Å². The molecule has 0 fully saturated rings. The second kappa shape index (κ2) is 6.28. The molecule has 1 aromatic carbocycles. The van der Waals surface area contributed by atoms with Gasteiger partial charge in [0.05, 0.1) is 28.3 Å².